The topological polar surface area (TPSA) is 154 Å². The van der Waals surface area contributed by atoms with Crippen LogP contribution in [0.15, 0.2) is 54.9 Å². The maximum atomic E-state index is 14.8. The molecule has 0 bridgehead atoms. The molecule has 3 aromatic heterocycles. The largest absolute Gasteiger partial charge is 0.490 e. The van der Waals surface area contributed by atoms with Gasteiger partial charge in [-0.2, -0.15) is 15.5 Å². The number of hydrogen-bond acceptors (Lipinski definition) is 11. The predicted molar refractivity (Wildman–Crippen MR) is 262 cm³/mol. The number of alkyl halides is 2. The number of nitriles is 1. The molecule has 7 heterocycles. The van der Waals surface area contributed by atoms with Gasteiger partial charge in [-0.1, -0.05) is 25.4 Å². The zero-order chi connectivity index (χ0) is 48.8. The van der Waals surface area contributed by atoms with Crippen molar-refractivity contribution < 1.29 is 23.1 Å². The zero-order valence-corrected chi connectivity index (χ0v) is 41.1. The van der Waals surface area contributed by atoms with Crippen molar-refractivity contribution in [1.29, 1.82) is 5.26 Å². The first-order valence-electron chi connectivity index (χ1n) is 24.9. The van der Waals surface area contributed by atoms with Gasteiger partial charge in [0.2, 0.25) is 5.91 Å². The van der Waals surface area contributed by atoms with E-state index in [1.54, 1.807) is 61.4 Å². The summed E-state index contributed by atoms with van der Waals surface area (Å²) in [4.78, 5) is 35.0. The fourth-order valence-electron chi connectivity index (χ4n) is 12.0. The molecule has 1 unspecified atom stereocenters. The molecule has 3 fully saturated rings. The number of nitrogens with zero attached hydrogens (tertiary/aromatic N) is 11. The molecular weight excluding hydrogens is 914 g/mol. The molecule has 15 nitrogen and oxygen atoms in total. The zero-order valence-electron chi connectivity index (χ0n) is 40.3. The smallest absolute Gasteiger partial charge is 0.272 e. The first-order valence-corrected chi connectivity index (χ1v) is 25.3. The lowest BCUT2D eigenvalue weighted by molar-refractivity contribution is -0.129. The Kier molecular flexibility index (Phi) is 13.5. The minimum absolute atomic E-state index is 0.00869. The number of likely N-dealkylation sites (tertiary alicyclic amines) is 1. The van der Waals surface area contributed by atoms with Gasteiger partial charge in [0.1, 0.15) is 11.8 Å². The molecule has 1 aliphatic carbocycles. The standard InChI is InChI=1S/C52H61ClF2N12O3/c1-31-27-65(48-14-13-45(59-60-48)52(69)58-37-8-11-39(12-9-37)70-40-10-7-35(25-56)44(53)23-40)28-32(2)49(31)63-19-15-38(16-20-63)67-46-17-21-64(33(3)68)30-43(46)51(61-67)66-18-5-6-34-22-41(36-26-57-62(4)29-36)42(50(54)55)24-47(34)66/h7,10,13-14,22-24,26,29,31-32,37-39,49-50H,5-6,8-9,11-12,15-21,27-28,30H2,1-4H3,(H,58,69)/t31-,32+,37?,39?,49?. The number of nitrogens with one attached hydrogen (secondary N) is 1. The fourth-order valence-corrected chi connectivity index (χ4v) is 12.2. The summed E-state index contributed by atoms with van der Waals surface area (Å²) >= 11 is 6.19. The molecule has 4 aliphatic heterocycles. The van der Waals surface area contributed by atoms with Gasteiger partial charge in [-0.3, -0.25) is 23.9 Å². The summed E-state index contributed by atoms with van der Waals surface area (Å²) in [6.45, 7) is 11.5. The molecule has 70 heavy (non-hydrogen) atoms. The van der Waals surface area contributed by atoms with Crippen molar-refractivity contribution in [2.24, 2.45) is 18.9 Å². The van der Waals surface area contributed by atoms with E-state index >= 15 is 0 Å². The summed E-state index contributed by atoms with van der Waals surface area (Å²) in [5.41, 5.74) is 5.83. The summed E-state index contributed by atoms with van der Waals surface area (Å²) in [7, 11) is 1.79. The lowest BCUT2D eigenvalue weighted by atomic mass is 9.83. The molecule has 5 aromatic rings. The quantitative estimate of drug-likeness (QED) is 0.144. The Hall–Kier alpha value is -6.12. The maximum Gasteiger partial charge on any atom is 0.272 e. The Balaban J connectivity index is 0.768. The molecule has 2 aromatic carbocycles. The lowest BCUT2D eigenvalue weighted by Crippen LogP contribution is -2.57. The van der Waals surface area contributed by atoms with Crippen LogP contribution in [0.3, 0.4) is 0 Å². The molecule has 368 valence electrons. The van der Waals surface area contributed by atoms with E-state index in [2.05, 4.69) is 59.9 Å². The summed E-state index contributed by atoms with van der Waals surface area (Å²) in [5, 5.41) is 31.3. The number of amides is 2. The van der Waals surface area contributed by atoms with Crippen LogP contribution in [0.1, 0.15) is 117 Å². The fraction of sp³-hybridized carbons (Fsp3) is 0.519. The van der Waals surface area contributed by atoms with Gasteiger partial charge in [-0.15, -0.1) is 10.2 Å². The summed E-state index contributed by atoms with van der Waals surface area (Å²) in [6, 6.07) is 15.0. The van der Waals surface area contributed by atoms with E-state index in [9.17, 15) is 18.4 Å². The number of aryl methyl sites for hydroxylation is 2. The highest BCUT2D eigenvalue weighted by molar-refractivity contribution is 6.31. The second-order valence-electron chi connectivity index (χ2n) is 20.1. The molecule has 3 atom stereocenters. The van der Waals surface area contributed by atoms with Crippen molar-refractivity contribution in [3.8, 4) is 22.9 Å². The van der Waals surface area contributed by atoms with Crippen LogP contribution < -0.4 is 19.9 Å². The number of hydrogen-bond donors (Lipinski definition) is 1. The molecule has 1 N–H and O–H groups in total. The van der Waals surface area contributed by atoms with Crippen LogP contribution in [-0.4, -0.2) is 109 Å². The van der Waals surface area contributed by atoms with Gasteiger partial charge in [-0.25, -0.2) is 8.78 Å². The number of aromatic nitrogens is 6. The highest BCUT2D eigenvalue weighted by Gasteiger charge is 2.40. The number of rotatable bonds is 10. The van der Waals surface area contributed by atoms with E-state index in [1.165, 1.54) is 0 Å². The van der Waals surface area contributed by atoms with Crippen molar-refractivity contribution in [1.82, 2.24) is 44.9 Å². The molecule has 18 heteroatoms. The summed E-state index contributed by atoms with van der Waals surface area (Å²) < 4.78 is 39.6. The van der Waals surface area contributed by atoms with Crippen LogP contribution in [0, 0.1) is 23.2 Å². The number of halogens is 3. The van der Waals surface area contributed by atoms with E-state index in [0.717, 1.165) is 112 Å². The van der Waals surface area contributed by atoms with Crippen molar-refractivity contribution in [3.05, 3.63) is 93.5 Å². The molecule has 1 saturated carbocycles. The minimum Gasteiger partial charge on any atom is -0.490 e. The molecule has 2 saturated heterocycles. The number of carbonyl (C=O) groups excluding carboxylic acids is 2. The van der Waals surface area contributed by atoms with Crippen LogP contribution in [0.25, 0.3) is 11.1 Å². The van der Waals surface area contributed by atoms with Gasteiger partial charge in [0, 0.05) is 112 Å². The third-order valence-corrected chi connectivity index (χ3v) is 15.7. The lowest BCUT2D eigenvalue weighted by Gasteiger charge is -2.48. The Morgan fingerprint density at radius 1 is 0.943 bits per heavy atom. The Labute approximate surface area is 412 Å². The number of carbonyl (C=O) groups is 2. The van der Waals surface area contributed by atoms with Gasteiger partial charge in [0.05, 0.1) is 35.5 Å². The van der Waals surface area contributed by atoms with Crippen molar-refractivity contribution in [2.75, 3.05) is 49.1 Å². The van der Waals surface area contributed by atoms with Gasteiger partial charge in [0.25, 0.3) is 12.3 Å². The third-order valence-electron chi connectivity index (χ3n) is 15.4. The van der Waals surface area contributed by atoms with Crippen LogP contribution >= 0.6 is 11.6 Å². The first-order chi connectivity index (χ1) is 33.8. The third kappa shape index (κ3) is 9.56. The second kappa shape index (κ2) is 19.9. The van der Waals surface area contributed by atoms with Gasteiger partial charge >= 0.3 is 0 Å². The Bertz CT molecular complexity index is 2760. The Morgan fingerprint density at radius 3 is 2.37 bits per heavy atom. The van der Waals surface area contributed by atoms with Gasteiger partial charge < -0.3 is 24.8 Å². The highest BCUT2D eigenvalue weighted by Crippen LogP contribution is 2.44. The van der Waals surface area contributed by atoms with E-state index < -0.39 is 6.43 Å². The van der Waals surface area contributed by atoms with Crippen LogP contribution in [0.5, 0.6) is 5.75 Å². The number of piperidine rings is 2. The van der Waals surface area contributed by atoms with Crippen molar-refractivity contribution in [3.63, 3.8) is 0 Å². The number of ether oxygens (including phenoxy) is 1. The van der Waals surface area contributed by atoms with Gasteiger partial charge in [-0.05, 0) is 111 Å². The van der Waals surface area contributed by atoms with Crippen LogP contribution in [-0.2, 0) is 31.2 Å². The molecule has 0 spiro atoms. The molecular formula is C52H61ClF2N12O3. The van der Waals surface area contributed by atoms with E-state index in [1.807, 2.05) is 17.0 Å². The Morgan fingerprint density at radius 2 is 1.71 bits per heavy atom. The molecule has 5 aliphatic rings. The second-order valence-corrected chi connectivity index (χ2v) is 20.5. The average molecular weight is 976 g/mol. The number of benzene rings is 2. The first kappa shape index (κ1) is 47.6. The van der Waals surface area contributed by atoms with Crippen molar-refractivity contribution in [2.45, 2.75) is 116 Å². The molecule has 0 radical (unpaired) electrons. The summed E-state index contributed by atoms with van der Waals surface area (Å²) in [5.74, 6) is 2.69. The van der Waals surface area contributed by atoms with E-state index in [0.29, 0.717) is 77.1 Å². The van der Waals surface area contributed by atoms with E-state index in [-0.39, 0.29) is 35.6 Å². The molecule has 2 amide bonds. The van der Waals surface area contributed by atoms with Crippen molar-refractivity contribution >= 4 is 40.7 Å². The maximum absolute atomic E-state index is 14.8. The number of fused-ring (bicyclic) bond motifs is 2. The van der Waals surface area contributed by atoms with E-state index in [4.69, 9.17) is 26.7 Å². The predicted octanol–water partition coefficient (Wildman–Crippen LogP) is 8.44. The summed E-state index contributed by atoms with van der Waals surface area (Å²) in [6.07, 6.45) is 8.08. The van der Waals surface area contributed by atoms with Gasteiger partial charge in [0.15, 0.2) is 17.3 Å². The monoisotopic (exact) mass is 974 g/mol. The van der Waals surface area contributed by atoms with Crippen LogP contribution in [0.2, 0.25) is 5.02 Å². The minimum atomic E-state index is -2.67. The highest BCUT2D eigenvalue weighted by atomic mass is 35.5. The number of anilines is 3. The SMILES string of the molecule is CC(=O)N1CCc2c(c(N3CCCc4cc(-c5cnn(C)c5)c(C(F)F)cc43)nn2C2CCN(C3[C@H](C)CN(c4ccc(C(=O)NC5CCC(Oc6ccc(C#N)c(Cl)c6)CC5)nn4)C[C@@H]3C)CC2)C1. The average Bonchev–Trinajstić information content (AvgIpc) is 3.97. The molecule has 10 rings (SSSR count). The van der Waals surface area contributed by atoms with Crippen LogP contribution in [0.4, 0.5) is 26.1 Å². The normalized spacial score (nSPS) is 23.2.